The van der Waals surface area contributed by atoms with Crippen LogP contribution < -0.4 is 10.9 Å². The van der Waals surface area contributed by atoms with Gasteiger partial charge in [-0.1, -0.05) is 35.5 Å². The molecule has 0 spiro atoms. The van der Waals surface area contributed by atoms with Gasteiger partial charge in [-0.3, -0.25) is 20.4 Å². The predicted octanol–water partition coefficient (Wildman–Crippen LogP) is 3.08. The largest absolute Gasteiger partial charge is 0.411 e. The zero-order valence-corrected chi connectivity index (χ0v) is 15.2. The van der Waals surface area contributed by atoms with Crippen LogP contribution in [-0.2, 0) is 4.79 Å². The molecule has 3 aromatic rings. The predicted molar refractivity (Wildman–Crippen MR) is 97.5 cm³/mol. The van der Waals surface area contributed by atoms with E-state index in [0.717, 1.165) is 23.9 Å². The van der Waals surface area contributed by atoms with Gasteiger partial charge in [0.2, 0.25) is 11.8 Å². The van der Waals surface area contributed by atoms with Gasteiger partial charge >= 0.3 is 0 Å². The number of aromatic nitrogens is 2. The summed E-state index contributed by atoms with van der Waals surface area (Å²) in [5.41, 5.74) is 5.29. The van der Waals surface area contributed by atoms with E-state index in [1.54, 1.807) is 24.3 Å². The minimum absolute atomic E-state index is 0.0617. The van der Waals surface area contributed by atoms with Gasteiger partial charge < -0.3 is 4.42 Å². The van der Waals surface area contributed by atoms with Gasteiger partial charge in [-0.05, 0) is 36.4 Å². The summed E-state index contributed by atoms with van der Waals surface area (Å²) in [7, 11) is 0. The van der Waals surface area contributed by atoms with Crippen LogP contribution in [0.5, 0.6) is 0 Å². The fraction of sp³-hybridized carbons (Fsp3) is 0.0588. The number of carbonyl (C=O) groups excluding carboxylic acids is 2. The fourth-order valence-corrected chi connectivity index (χ4v) is 2.75. The van der Waals surface area contributed by atoms with Crippen molar-refractivity contribution in [2.24, 2.45) is 0 Å². The Labute approximate surface area is 162 Å². The number of halogens is 2. The smallest absolute Gasteiger partial charge is 0.277 e. The molecule has 0 fully saturated rings. The second-order valence-electron chi connectivity index (χ2n) is 5.15. The van der Waals surface area contributed by atoms with Crippen molar-refractivity contribution in [1.82, 2.24) is 21.0 Å². The number of hydrogen-bond donors (Lipinski definition) is 2. The maximum absolute atomic E-state index is 12.8. The van der Waals surface area contributed by atoms with E-state index in [4.69, 9.17) is 16.0 Å². The van der Waals surface area contributed by atoms with E-state index in [9.17, 15) is 14.0 Å². The van der Waals surface area contributed by atoms with Crippen LogP contribution in [0.2, 0.25) is 5.02 Å². The van der Waals surface area contributed by atoms with Crippen LogP contribution in [0.4, 0.5) is 4.39 Å². The molecule has 0 saturated carbocycles. The Hall–Kier alpha value is -2.91. The number of thioether (sulfide) groups is 1. The van der Waals surface area contributed by atoms with E-state index in [2.05, 4.69) is 21.0 Å². The van der Waals surface area contributed by atoms with Crippen molar-refractivity contribution in [2.75, 3.05) is 5.75 Å². The van der Waals surface area contributed by atoms with Crippen molar-refractivity contribution in [3.63, 3.8) is 0 Å². The van der Waals surface area contributed by atoms with E-state index in [1.807, 2.05) is 0 Å². The highest BCUT2D eigenvalue weighted by atomic mass is 35.5. The fourth-order valence-electron chi connectivity index (χ4n) is 1.97. The first-order valence-electron chi connectivity index (χ1n) is 7.59. The Morgan fingerprint density at radius 1 is 1.07 bits per heavy atom. The summed E-state index contributed by atoms with van der Waals surface area (Å²) in [6, 6.07) is 11.9. The summed E-state index contributed by atoms with van der Waals surface area (Å²) in [5.74, 6) is -1.32. The maximum Gasteiger partial charge on any atom is 0.277 e. The molecule has 1 aromatic heterocycles. The lowest BCUT2D eigenvalue weighted by atomic mass is 10.2. The molecule has 138 valence electrons. The van der Waals surface area contributed by atoms with Crippen LogP contribution in [0.15, 0.2) is 58.2 Å². The van der Waals surface area contributed by atoms with Crippen molar-refractivity contribution in [1.29, 1.82) is 0 Å². The van der Waals surface area contributed by atoms with Crippen molar-refractivity contribution < 1.29 is 18.4 Å². The SMILES string of the molecule is O=C(CSc1nnc(-c2ccccc2Cl)o1)NNC(=O)c1ccc(F)cc1. The van der Waals surface area contributed by atoms with Crippen LogP contribution in [0.1, 0.15) is 10.4 Å². The highest BCUT2D eigenvalue weighted by Crippen LogP contribution is 2.28. The topological polar surface area (TPSA) is 97.1 Å². The normalized spacial score (nSPS) is 10.4. The first kappa shape index (κ1) is 18.9. The zero-order valence-electron chi connectivity index (χ0n) is 13.6. The van der Waals surface area contributed by atoms with Crippen molar-refractivity contribution >= 4 is 35.2 Å². The molecule has 1 heterocycles. The zero-order chi connectivity index (χ0) is 19.2. The Kier molecular flexibility index (Phi) is 6.05. The molecular weight excluding hydrogens is 395 g/mol. The van der Waals surface area contributed by atoms with Gasteiger partial charge in [0.25, 0.3) is 11.1 Å². The lowest BCUT2D eigenvalue weighted by Crippen LogP contribution is -2.42. The summed E-state index contributed by atoms with van der Waals surface area (Å²) < 4.78 is 18.3. The minimum atomic E-state index is -0.563. The second kappa shape index (κ2) is 8.65. The van der Waals surface area contributed by atoms with Gasteiger partial charge in [0.05, 0.1) is 16.3 Å². The Morgan fingerprint density at radius 2 is 1.81 bits per heavy atom. The van der Waals surface area contributed by atoms with E-state index >= 15 is 0 Å². The lowest BCUT2D eigenvalue weighted by Gasteiger charge is -2.06. The Balaban J connectivity index is 1.49. The summed E-state index contributed by atoms with van der Waals surface area (Å²) in [6.07, 6.45) is 0. The number of hydrogen-bond acceptors (Lipinski definition) is 6. The molecule has 0 aliphatic rings. The molecule has 0 aliphatic carbocycles. The quantitative estimate of drug-likeness (QED) is 0.499. The lowest BCUT2D eigenvalue weighted by molar-refractivity contribution is -0.119. The van der Waals surface area contributed by atoms with Crippen LogP contribution in [0.3, 0.4) is 0 Å². The number of rotatable bonds is 5. The van der Waals surface area contributed by atoms with E-state index in [0.29, 0.717) is 10.6 Å². The number of nitrogens with one attached hydrogen (secondary N) is 2. The van der Waals surface area contributed by atoms with Crippen LogP contribution in [-0.4, -0.2) is 27.8 Å². The molecule has 2 aromatic carbocycles. The van der Waals surface area contributed by atoms with Gasteiger partial charge in [-0.25, -0.2) is 4.39 Å². The van der Waals surface area contributed by atoms with Gasteiger partial charge in [-0.15, -0.1) is 10.2 Å². The molecule has 0 radical (unpaired) electrons. The third-order valence-electron chi connectivity index (χ3n) is 3.26. The third-order valence-corrected chi connectivity index (χ3v) is 4.41. The molecule has 0 aliphatic heterocycles. The molecule has 3 rings (SSSR count). The molecule has 0 saturated heterocycles. The molecule has 7 nitrogen and oxygen atoms in total. The van der Waals surface area contributed by atoms with E-state index in [1.165, 1.54) is 12.1 Å². The standard InChI is InChI=1S/C17H12ClFN4O3S/c18-13-4-2-1-3-12(13)16-22-23-17(26-16)27-9-14(24)20-21-15(25)10-5-7-11(19)8-6-10/h1-8H,9H2,(H,20,24)(H,21,25). The Morgan fingerprint density at radius 3 is 2.56 bits per heavy atom. The first-order valence-corrected chi connectivity index (χ1v) is 8.95. The number of hydrazine groups is 1. The van der Waals surface area contributed by atoms with E-state index < -0.39 is 17.6 Å². The summed E-state index contributed by atoms with van der Waals surface area (Å²) >= 11 is 7.07. The van der Waals surface area contributed by atoms with Gasteiger partial charge in [-0.2, -0.15) is 0 Å². The van der Waals surface area contributed by atoms with Crippen LogP contribution >= 0.6 is 23.4 Å². The van der Waals surface area contributed by atoms with Gasteiger partial charge in [0.1, 0.15) is 5.82 Å². The number of nitrogens with zero attached hydrogens (tertiary/aromatic N) is 2. The maximum atomic E-state index is 12.8. The molecule has 0 atom stereocenters. The molecule has 2 N–H and O–H groups in total. The minimum Gasteiger partial charge on any atom is -0.411 e. The van der Waals surface area contributed by atoms with E-state index in [-0.39, 0.29) is 22.4 Å². The summed E-state index contributed by atoms with van der Waals surface area (Å²) in [4.78, 5) is 23.6. The summed E-state index contributed by atoms with van der Waals surface area (Å²) in [5, 5.41) is 8.39. The number of amides is 2. The van der Waals surface area contributed by atoms with Crippen LogP contribution in [0.25, 0.3) is 11.5 Å². The Bertz CT molecular complexity index is 965. The number of benzene rings is 2. The molecule has 10 heteroatoms. The number of carbonyl (C=O) groups is 2. The third kappa shape index (κ3) is 5.05. The highest BCUT2D eigenvalue weighted by Gasteiger charge is 2.14. The van der Waals surface area contributed by atoms with Crippen molar-refractivity contribution in [3.8, 4) is 11.5 Å². The van der Waals surface area contributed by atoms with Crippen molar-refractivity contribution in [3.05, 3.63) is 64.9 Å². The average molecular weight is 407 g/mol. The van der Waals surface area contributed by atoms with Gasteiger partial charge in [0.15, 0.2) is 0 Å². The average Bonchev–Trinajstić information content (AvgIpc) is 3.14. The molecule has 27 heavy (non-hydrogen) atoms. The molecule has 0 bridgehead atoms. The highest BCUT2D eigenvalue weighted by molar-refractivity contribution is 7.99. The molecule has 2 amide bonds. The molecular formula is C17H12ClFN4O3S. The monoisotopic (exact) mass is 406 g/mol. The van der Waals surface area contributed by atoms with Crippen LogP contribution in [0, 0.1) is 5.82 Å². The molecule has 0 unspecified atom stereocenters. The first-order chi connectivity index (χ1) is 13.0. The van der Waals surface area contributed by atoms with Gasteiger partial charge in [0, 0.05) is 5.56 Å². The summed E-state index contributed by atoms with van der Waals surface area (Å²) in [6.45, 7) is 0. The van der Waals surface area contributed by atoms with Crippen molar-refractivity contribution in [2.45, 2.75) is 5.22 Å². The second-order valence-corrected chi connectivity index (χ2v) is 6.48.